The maximum Gasteiger partial charge on any atom is 0.267 e. The van der Waals surface area contributed by atoms with Crippen LogP contribution in [0.2, 0.25) is 5.02 Å². The van der Waals surface area contributed by atoms with E-state index in [-0.39, 0.29) is 5.02 Å². The first-order chi connectivity index (χ1) is 11.9. The third-order valence-electron chi connectivity index (χ3n) is 3.59. The molecule has 130 valence electrons. The number of nitrogens with two attached hydrogens (primary N) is 1. The highest BCUT2D eigenvalue weighted by Gasteiger charge is 2.20. The van der Waals surface area contributed by atoms with Crippen LogP contribution in [-0.2, 0) is 11.3 Å². The molecule has 1 aromatic carbocycles. The van der Waals surface area contributed by atoms with Crippen molar-refractivity contribution in [3.05, 3.63) is 51.2 Å². The number of rotatable bonds is 4. The normalized spacial score (nSPS) is 11.0. The fourth-order valence-electron chi connectivity index (χ4n) is 2.54. The number of benzene rings is 1. The number of thiophene rings is 1. The van der Waals surface area contributed by atoms with Crippen LogP contribution in [0.15, 0.2) is 24.3 Å². The van der Waals surface area contributed by atoms with E-state index in [1.807, 2.05) is 13.0 Å². The first-order valence-corrected chi connectivity index (χ1v) is 8.54. The number of halogens is 2. The third kappa shape index (κ3) is 3.44. The Morgan fingerprint density at radius 2 is 2.20 bits per heavy atom. The predicted molar refractivity (Wildman–Crippen MR) is 98.8 cm³/mol. The lowest BCUT2D eigenvalue weighted by Gasteiger charge is -2.06. The van der Waals surface area contributed by atoms with Gasteiger partial charge in [0.05, 0.1) is 17.3 Å². The van der Waals surface area contributed by atoms with Crippen LogP contribution in [0.25, 0.3) is 10.2 Å². The van der Waals surface area contributed by atoms with Gasteiger partial charge in [-0.25, -0.2) is 9.37 Å². The van der Waals surface area contributed by atoms with Gasteiger partial charge in [-0.3, -0.25) is 4.79 Å². The predicted octanol–water partition coefficient (Wildman–Crippen LogP) is 4.38. The van der Waals surface area contributed by atoms with Crippen molar-refractivity contribution >= 4 is 50.4 Å². The van der Waals surface area contributed by atoms with Gasteiger partial charge in [-0.05, 0) is 36.8 Å². The molecular formula is C17H15ClFN3O2S. The van der Waals surface area contributed by atoms with Gasteiger partial charge in [-0.2, -0.15) is 0 Å². The van der Waals surface area contributed by atoms with Crippen LogP contribution in [0.3, 0.4) is 0 Å². The first-order valence-electron chi connectivity index (χ1n) is 7.34. The van der Waals surface area contributed by atoms with Crippen LogP contribution in [0.4, 0.5) is 15.8 Å². The number of nitrogen functional groups attached to an aromatic ring is 1. The Labute approximate surface area is 152 Å². The first kappa shape index (κ1) is 17.6. The fraction of sp³-hybridized carbons (Fsp3) is 0.176. The molecule has 3 N–H and O–H groups in total. The molecule has 25 heavy (non-hydrogen) atoms. The molecule has 1 amide bonds. The molecule has 0 fully saturated rings. The van der Waals surface area contributed by atoms with Crippen molar-refractivity contribution in [3.8, 4) is 0 Å². The van der Waals surface area contributed by atoms with Gasteiger partial charge in [0.1, 0.15) is 15.5 Å². The van der Waals surface area contributed by atoms with Gasteiger partial charge in [0.25, 0.3) is 5.91 Å². The quantitative estimate of drug-likeness (QED) is 0.705. The molecule has 3 aromatic rings. The molecule has 2 aromatic heterocycles. The number of hydrogen-bond donors (Lipinski definition) is 2. The van der Waals surface area contributed by atoms with E-state index in [0.717, 1.165) is 16.6 Å². The maximum atomic E-state index is 13.2. The lowest BCUT2D eigenvalue weighted by atomic mass is 10.1. The second-order valence-electron chi connectivity index (χ2n) is 5.46. The lowest BCUT2D eigenvalue weighted by Crippen LogP contribution is -2.12. The molecular weight excluding hydrogens is 365 g/mol. The van der Waals surface area contributed by atoms with Crippen molar-refractivity contribution in [2.45, 2.75) is 13.5 Å². The van der Waals surface area contributed by atoms with E-state index in [2.05, 4.69) is 10.3 Å². The summed E-state index contributed by atoms with van der Waals surface area (Å²) in [6.45, 7) is 2.24. The van der Waals surface area contributed by atoms with Crippen LogP contribution in [-0.4, -0.2) is 18.0 Å². The van der Waals surface area contributed by atoms with E-state index < -0.39 is 11.7 Å². The summed E-state index contributed by atoms with van der Waals surface area (Å²) in [6.07, 6.45) is 0. The number of carbonyl (C=O) groups is 1. The second kappa shape index (κ2) is 6.95. The Morgan fingerprint density at radius 1 is 1.44 bits per heavy atom. The zero-order valence-corrected chi connectivity index (χ0v) is 15.1. The molecule has 3 rings (SSSR count). The number of pyridine rings is 1. The minimum atomic E-state index is -0.551. The summed E-state index contributed by atoms with van der Waals surface area (Å²) in [5.41, 5.74) is 8.63. The topological polar surface area (TPSA) is 77.2 Å². The maximum absolute atomic E-state index is 13.2. The molecule has 0 bridgehead atoms. The summed E-state index contributed by atoms with van der Waals surface area (Å²) in [4.78, 5) is 18.0. The average molecular weight is 380 g/mol. The Balaban J connectivity index is 2.00. The molecule has 0 aliphatic heterocycles. The van der Waals surface area contributed by atoms with Gasteiger partial charge in [0.2, 0.25) is 0 Å². The average Bonchev–Trinajstić information content (AvgIpc) is 2.88. The molecule has 0 spiro atoms. The molecule has 0 saturated carbocycles. The lowest BCUT2D eigenvalue weighted by molar-refractivity contribution is 0.103. The minimum absolute atomic E-state index is 0.0678. The molecule has 0 aliphatic rings. The highest BCUT2D eigenvalue weighted by molar-refractivity contribution is 7.21. The number of aromatic nitrogens is 1. The van der Waals surface area contributed by atoms with E-state index in [1.165, 1.54) is 29.5 Å². The zero-order valence-electron chi connectivity index (χ0n) is 13.5. The van der Waals surface area contributed by atoms with Gasteiger partial charge in [-0.15, -0.1) is 11.3 Å². The van der Waals surface area contributed by atoms with Crippen molar-refractivity contribution in [1.82, 2.24) is 4.98 Å². The number of methoxy groups -OCH3 is 1. The monoisotopic (exact) mass is 379 g/mol. The number of carbonyl (C=O) groups excluding carboxylic acids is 1. The Morgan fingerprint density at radius 3 is 2.88 bits per heavy atom. The summed E-state index contributed by atoms with van der Waals surface area (Å²) in [7, 11) is 1.59. The Kier molecular flexibility index (Phi) is 4.89. The van der Waals surface area contributed by atoms with E-state index in [9.17, 15) is 9.18 Å². The molecule has 8 heteroatoms. The van der Waals surface area contributed by atoms with Gasteiger partial charge >= 0.3 is 0 Å². The molecule has 2 heterocycles. The van der Waals surface area contributed by atoms with Crippen molar-refractivity contribution < 1.29 is 13.9 Å². The smallest absolute Gasteiger partial charge is 0.267 e. The number of ether oxygens (including phenoxy) is 1. The second-order valence-corrected chi connectivity index (χ2v) is 6.87. The van der Waals surface area contributed by atoms with Crippen molar-refractivity contribution in [2.24, 2.45) is 0 Å². The molecule has 0 unspecified atom stereocenters. The zero-order chi connectivity index (χ0) is 18.1. The van der Waals surface area contributed by atoms with Gasteiger partial charge < -0.3 is 15.8 Å². The van der Waals surface area contributed by atoms with Crippen LogP contribution in [0.1, 0.15) is 20.9 Å². The third-order valence-corrected chi connectivity index (χ3v) is 4.98. The van der Waals surface area contributed by atoms with Crippen LogP contribution < -0.4 is 11.1 Å². The molecule has 0 saturated heterocycles. The van der Waals surface area contributed by atoms with Gasteiger partial charge in [0.15, 0.2) is 0 Å². The number of hydrogen-bond acceptors (Lipinski definition) is 5. The number of nitrogens with one attached hydrogen (secondary N) is 1. The number of amides is 1. The van der Waals surface area contributed by atoms with Gasteiger partial charge in [-0.1, -0.05) is 11.6 Å². The van der Waals surface area contributed by atoms with Crippen LogP contribution >= 0.6 is 22.9 Å². The summed E-state index contributed by atoms with van der Waals surface area (Å²) in [5, 5.41) is 3.33. The highest BCUT2D eigenvalue weighted by Crippen LogP contribution is 2.36. The summed E-state index contributed by atoms with van der Waals surface area (Å²) >= 11 is 6.94. The Bertz CT molecular complexity index is 974. The van der Waals surface area contributed by atoms with Crippen molar-refractivity contribution in [2.75, 3.05) is 18.2 Å². The van der Waals surface area contributed by atoms with Crippen LogP contribution in [0.5, 0.6) is 0 Å². The van der Waals surface area contributed by atoms with Crippen LogP contribution in [0, 0.1) is 12.7 Å². The van der Waals surface area contributed by atoms with E-state index in [4.69, 9.17) is 22.1 Å². The van der Waals surface area contributed by atoms with E-state index in [1.54, 1.807) is 7.11 Å². The highest BCUT2D eigenvalue weighted by atomic mass is 35.5. The van der Waals surface area contributed by atoms with Gasteiger partial charge in [0, 0.05) is 23.9 Å². The minimum Gasteiger partial charge on any atom is -0.397 e. The number of fused-ring (bicyclic) bond motifs is 1. The number of aryl methyl sites for hydroxylation is 1. The molecule has 0 aliphatic carbocycles. The van der Waals surface area contributed by atoms with Crippen molar-refractivity contribution in [1.29, 1.82) is 0 Å². The largest absolute Gasteiger partial charge is 0.397 e. The fourth-order valence-corrected chi connectivity index (χ4v) is 3.80. The standard InChI is InChI=1S/C17H15ClFN3O2S/c1-8-5-9(7-24-2)13-14(20)15(25-17(13)21-8)16(23)22-10-3-4-12(19)11(18)6-10/h3-6H,7,20H2,1-2H3,(H,22,23). The molecule has 0 radical (unpaired) electrons. The van der Waals surface area contributed by atoms with Crippen molar-refractivity contribution in [3.63, 3.8) is 0 Å². The number of anilines is 2. The number of nitrogens with zero attached hydrogens (tertiary/aromatic N) is 1. The summed E-state index contributed by atoms with van der Waals surface area (Å²) < 4.78 is 18.4. The van der Waals surface area contributed by atoms with E-state index >= 15 is 0 Å². The molecule has 0 atom stereocenters. The molecule has 5 nitrogen and oxygen atoms in total. The summed E-state index contributed by atoms with van der Waals surface area (Å²) in [6, 6.07) is 5.85. The van der Waals surface area contributed by atoms with E-state index in [0.29, 0.717) is 27.7 Å². The Hall–Kier alpha value is -2.22. The summed E-state index contributed by atoms with van der Waals surface area (Å²) in [5.74, 6) is -0.950. The SMILES string of the molecule is COCc1cc(C)nc2sc(C(=O)Nc3ccc(F)c(Cl)c3)c(N)c12.